The lowest BCUT2D eigenvalue weighted by molar-refractivity contribution is 0.414. The van der Waals surface area contributed by atoms with Gasteiger partial charge in [-0.2, -0.15) is 10.1 Å². The lowest BCUT2D eigenvalue weighted by Gasteiger charge is -2.08. The third kappa shape index (κ3) is 4.87. The van der Waals surface area contributed by atoms with Crippen LogP contribution in [0.25, 0.3) is 0 Å². The summed E-state index contributed by atoms with van der Waals surface area (Å²) in [5.41, 5.74) is 1.78. The highest BCUT2D eigenvalue weighted by atomic mass is 19.1. The highest BCUT2D eigenvalue weighted by molar-refractivity contribution is 5.55. The second-order valence-corrected chi connectivity index (χ2v) is 5.33. The molecular weight excluding hydrogens is 321 g/mol. The number of benzene rings is 2. The molecule has 0 aliphatic rings. The molecule has 0 fully saturated rings. The number of nitrogens with zero attached hydrogens (tertiary/aromatic N) is 3. The van der Waals surface area contributed by atoms with Crippen molar-refractivity contribution in [2.24, 2.45) is 0 Å². The lowest BCUT2D eigenvalue weighted by Crippen LogP contribution is -2.09. The van der Waals surface area contributed by atoms with Crippen molar-refractivity contribution >= 4 is 17.5 Å². The minimum Gasteiger partial charge on any atom is -0.497 e. The molecule has 0 amide bonds. The van der Waals surface area contributed by atoms with Gasteiger partial charge in [-0.3, -0.25) is 0 Å². The molecule has 0 saturated carbocycles. The fraction of sp³-hybridized carbons (Fsp3) is 0.167. The molecule has 1 heterocycles. The fourth-order valence-electron chi connectivity index (χ4n) is 2.26. The summed E-state index contributed by atoms with van der Waals surface area (Å²) < 4.78 is 18.4. The second-order valence-electron chi connectivity index (χ2n) is 5.33. The van der Waals surface area contributed by atoms with Gasteiger partial charge in [-0.25, -0.2) is 4.39 Å². The molecule has 0 bridgehead atoms. The van der Waals surface area contributed by atoms with E-state index in [0.29, 0.717) is 24.0 Å². The van der Waals surface area contributed by atoms with E-state index in [1.807, 2.05) is 24.3 Å². The number of hydrogen-bond donors (Lipinski definition) is 2. The number of hydrogen-bond acceptors (Lipinski definition) is 6. The molecule has 0 spiro atoms. The maximum atomic E-state index is 13.2. The first-order valence-electron chi connectivity index (χ1n) is 7.82. The summed E-state index contributed by atoms with van der Waals surface area (Å²) in [6, 6.07) is 14.0. The van der Waals surface area contributed by atoms with Crippen LogP contribution in [0.4, 0.5) is 21.8 Å². The van der Waals surface area contributed by atoms with Crippen LogP contribution in [0.2, 0.25) is 0 Å². The number of methoxy groups -OCH3 is 1. The Labute approximate surface area is 145 Å². The Balaban J connectivity index is 1.56. The van der Waals surface area contributed by atoms with E-state index in [4.69, 9.17) is 4.74 Å². The molecule has 0 atom stereocenters. The van der Waals surface area contributed by atoms with Crippen LogP contribution in [-0.2, 0) is 6.42 Å². The Morgan fingerprint density at radius 3 is 2.72 bits per heavy atom. The van der Waals surface area contributed by atoms with Crippen LogP contribution >= 0.6 is 0 Å². The summed E-state index contributed by atoms with van der Waals surface area (Å²) in [6.45, 7) is 0.664. The van der Waals surface area contributed by atoms with Gasteiger partial charge in [0.2, 0.25) is 5.95 Å². The zero-order chi connectivity index (χ0) is 17.5. The minimum atomic E-state index is -0.315. The van der Waals surface area contributed by atoms with E-state index in [-0.39, 0.29) is 5.82 Å². The predicted octanol–water partition coefficient (Wildman–Crippen LogP) is 3.42. The minimum absolute atomic E-state index is 0.315. The standard InChI is InChI=1S/C18H18FN5O/c1-25-16-7-5-13(6-8-16)9-10-20-18-23-17(12-21-24-18)22-15-4-2-3-14(19)11-15/h2-8,11-12H,9-10H2,1H3,(H2,20,22,23,24). The topological polar surface area (TPSA) is 72.0 Å². The van der Waals surface area contributed by atoms with Gasteiger partial charge >= 0.3 is 0 Å². The SMILES string of the molecule is COc1ccc(CCNc2nncc(Nc3cccc(F)c3)n2)cc1. The van der Waals surface area contributed by atoms with Gasteiger partial charge < -0.3 is 15.4 Å². The monoisotopic (exact) mass is 339 g/mol. The number of nitrogens with one attached hydrogen (secondary N) is 2. The maximum absolute atomic E-state index is 13.2. The van der Waals surface area contributed by atoms with Gasteiger partial charge in [0, 0.05) is 12.2 Å². The summed E-state index contributed by atoms with van der Waals surface area (Å²) in [6.07, 6.45) is 2.30. The van der Waals surface area contributed by atoms with Gasteiger partial charge in [0.05, 0.1) is 13.3 Å². The van der Waals surface area contributed by atoms with Crippen molar-refractivity contribution in [2.75, 3.05) is 24.3 Å². The number of ether oxygens (including phenoxy) is 1. The Morgan fingerprint density at radius 2 is 1.96 bits per heavy atom. The summed E-state index contributed by atoms with van der Waals surface area (Å²) in [5, 5.41) is 14.0. The van der Waals surface area contributed by atoms with Crippen molar-refractivity contribution < 1.29 is 9.13 Å². The van der Waals surface area contributed by atoms with Gasteiger partial charge in [-0.05, 0) is 42.3 Å². The first-order chi connectivity index (χ1) is 12.2. The van der Waals surface area contributed by atoms with Gasteiger partial charge in [-0.1, -0.05) is 18.2 Å². The zero-order valence-electron chi connectivity index (χ0n) is 13.7. The molecule has 2 aromatic carbocycles. The molecule has 128 valence electrons. The van der Waals surface area contributed by atoms with Gasteiger partial charge in [0.15, 0.2) is 5.82 Å². The molecule has 2 N–H and O–H groups in total. The molecule has 7 heteroatoms. The molecule has 0 radical (unpaired) electrons. The molecule has 3 rings (SSSR count). The van der Waals surface area contributed by atoms with E-state index in [1.165, 1.54) is 23.9 Å². The van der Waals surface area contributed by atoms with E-state index in [0.717, 1.165) is 12.2 Å². The van der Waals surface area contributed by atoms with Crippen molar-refractivity contribution in [3.8, 4) is 5.75 Å². The molecule has 0 saturated heterocycles. The van der Waals surface area contributed by atoms with E-state index < -0.39 is 0 Å². The Bertz CT molecular complexity index is 826. The quantitative estimate of drug-likeness (QED) is 0.687. The Morgan fingerprint density at radius 1 is 1.12 bits per heavy atom. The van der Waals surface area contributed by atoms with E-state index in [1.54, 1.807) is 19.2 Å². The molecule has 25 heavy (non-hydrogen) atoms. The summed E-state index contributed by atoms with van der Waals surface area (Å²) in [5.74, 6) is 1.42. The summed E-state index contributed by atoms with van der Waals surface area (Å²) in [4.78, 5) is 4.32. The Kier molecular flexibility index (Phi) is 5.36. The molecule has 1 aromatic heterocycles. The molecule has 0 aliphatic carbocycles. The maximum Gasteiger partial charge on any atom is 0.244 e. The predicted molar refractivity (Wildman–Crippen MR) is 94.7 cm³/mol. The number of aromatic nitrogens is 3. The third-order valence-corrected chi connectivity index (χ3v) is 3.51. The van der Waals surface area contributed by atoms with Gasteiger partial charge in [-0.15, -0.1) is 5.10 Å². The highest BCUT2D eigenvalue weighted by Crippen LogP contribution is 2.15. The van der Waals surface area contributed by atoms with Crippen molar-refractivity contribution in [3.05, 3.63) is 66.1 Å². The Hall–Kier alpha value is -3.22. The van der Waals surface area contributed by atoms with Crippen LogP contribution in [0.15, 0.2) is 54.7 Å². The number of halogens is 1. The fourth-order valence-corrected chi connectivity index (χ4v) is 2.26. The number of rotatable bonds is 7. The van der Waals surface area contributed by atoms with Gasteiger partial charge in [0.1, 0.15) is 11.6 Å². The molecule has 0 aliphatic heterocycles. The smallest absolute Gasteiger partial charge is 0.244 e. The number of anilines is 3. The van der Waals surface area contributed by atoms with Crippen LogP contribution < -0.4 is 15.4 Å². The van der Waals surface area contributed by atoms with E-state index in [9.17, 15) is 4.39 Å². The molecule has 3 aromatic rings. The highest BCUT2D eigenvalue weighted by Gasteiger charge is 2.02. The van der Waals surface area contributed by atoms with Crippen LogP contribution in [0, 0.1) is 5.82 Å². The van der Waals surface area contributed by atoms with Crippen LogP contribution in [-0.4, -0.2) is 28.8 Å². The van der Waals surface area contributed by atoms with Crippen LogP contribution in [0.1, 0.15) is 5.56 Å². The first kappa shape index (κ1) is 16.6. The van der Waals surface area contributed by atoms with Crippen molar-refractivity contribution in [2.45, 2.75) is 6.42 Å². The molecule has 6 nitrogen and oxygen atoms in total. The van der Waals surface area contributed by atoms with Crippen molar-refractivity contribution in [1.29, 1.82) is 0 Å². The normalized spacial score (nSPS) is 10.3. The lowest BCUT2D eigenvalue weighted by atomic mass is 10.1. The van der Waals surface area contributed by atoms with E-state index >= 15 is 0 Å². The zero-order valence-corrected chi connectivity index (χ0v) is 13.7. The van der Waals surface area contributed by atoms with E-state index in [2.05, 4.69) is 25.8 Å². The summed E-state index contributed by atoms with van der Waals surface area (Å²) >= 11 is 0. The second kappa shape index (κ2) is 8.05. The van der Waals surface area contributed by atoms with Crippen molar-refractivity contribution in [3.63, 3.8) is 0 Å². The average molecular weight is 339 g/mol. The third-order valence-electron chi connectivity index (χ3n) is 3.51. The molecular formula is C18H18FN5O. The average Bonchev–Trinajstić information content (AvgIpc) is 2.63. The summed E-state index contributed by atoms with van der Waals surface area (Å²) in [7, 11) is 1.64. The van der Waals surface area contributed by atoms with Gasteiger partial charge in [0.25, 0.3) is 0 Å². The van der Waals surface area contributed by atoms with Crippen molar-refractivity contribution in [1.82, 2.24) is 15.2 Å². The molecule has 0 unspecified atom stereocenters. The first-order valence-corrected chi connectivity index (χ1v) is 7.82. The largest absolute Gasteiger partial charge is 0.497 e. The van der Waals surface area contributed by atoms with Crippen LogP contribution in [0.3, 0.4) is 0 Å². The van der Waals surface area contributed by atoms with Crippen LogP contribution in [0.5, 0.6) is 5.75 Å².